The van der Waals surface area contributed by atoms with Crippen molar-refractivity contribution < 1.29 is 9.53 Å². The highest BCUT2D eigenvalue weighted by molar-refractivity contribution is 8.13. The summed E-state index contributed by atoms with van der Waals surface area (Å²) in [5.74, 6) is 0.530. The van der Waals surface area contributed by atoms with Gasteiger partial charge in [-0.2, -0.15) is 0 Å². The highest BCUT2D eigenvalue weighted by atomic mass is 35.5. The molecule has 0 heterocycles. The first kappa shape index (κ1) is 14.0. The van der Waals surface area contributed by atoms with Crippen LogP contribution in [0.1, 0.15) is 5.56 Å². The lowest BCUT2D eigenvalue weighted by Gasteiger charge is -2.06. The van der Waals surface area contributed by atoms with Gasteiger partial charge in [-0.25, -0.2) is 0 Å². The summed E-state index contributed by atoms with van der Waals surface area (Å²) in [7, 11) is 0. The van der Waals surface area contributed by atoms with Gasteiger partial charge in [0.2, 0.25) is 5.12 Å². The Morgan fingerprint density at radius 3 is 2.53 bits per heavy atom. The Kier molecular flexibility index (Phi) is 4.88. The van der Waals surface area contributed by atoms with Crippen LogP contribution in [0.5, 0.6) is 5.75 Å². The number of aryl methyl sites for hydroxylation is 1. The number of hydrogen-bond donors (Lipinski definition) is 0. The topological polar surface area (TPSA) is 26.3 Å². The van der Waals surface area contributed by atoms with E-state index in [0.717, 1.165) is 4.90 Å². The SMILES string of the molecule is Cc1ccc(SC(=O)COc2ccccc2Cl)cc1. The molecule has 0 amide bonds. The Bertz CT molecular complexity index is 567. The number of benzene rings is 2. The number of carbonyl (C=O) groups excluding carboxylic acids is 1. The van der Waals surface area contributed by atoms with Gasteiger partial charge >= 0.3 is 0 Å². The number of hydrogen-bond acceptors (Lipinski definition) is 3. The Labute approximate surface area is 121 Å². The van der Waals surface area contributed by atoms with Crippen LogP contribution in [0.2, 0.25) is 5.02 Å². The van der Waals surface area contributed by atoms with Gasteiger partial charge in [0.1, 0.15) is 5.75 Å². The number of rotatable bonds is 4. The predicted molar refractivity (Wildman–Crippen MR) is 79.0 cm³/mol. The van der Waals surface area contributed by atoms with Crippen LogP contribution in [0.15, 0.2) is 53.4 Å². The van der Waals surface area contributed by atoms with Crippen molar-refractivity contribution in [2.24, 2.45) is 0 Å². The van der Waals surface area contributed by atoms with Crippen LogP contribution in [0.4, 0.5) is 0 Å². The van der Waals surface area contributed by atoms with Crippen molar-refractivity contribution in [3.8, 4) is 5.75 Å². The van der Waals surface area contributed by atoms with Crippen molar-refractivity contribution in [3.05, 3.63) is 59.1 Å². The molecular formula is C15H13ClO2S. The molecule has 0 aromatic heterocycles. The van der Waals surface area contributed by atoms with E-state index in [1.807, 2.05) is 43.3 Å². The lowest BCUT2D eigenvalue weighted by molar-refractivity contribution is -0.112. The summed E-state index contributed by atoms with van der Waals surface area (Å²) in [6.45, 7) is 2.01. The van der Waals surface area contributed by atoms with Gasteiger partial charge in [0.25, 0.3) is 0 Å². The zero-order valence-corrected chi connectivity index (χ0v) is 12.0. The zero-order valence-electron chi connectivity index (χ0n) is 10.4. The van der Waals surface area contributed by atoms with Gasteiger partial charge in [-0.3, -0.25) is 4.79 Å². The molecule has 0 fully saturated rings. The Morgan fingerprint density at radius 1 is 1.16 bits per heavy atom. The van der Waals surface area contributed by atoms with E-state index < -0.39 is 0 Å². The second kappa shape index (κ2) is 6.64. The quantitative estimate of drug-likeness (QED) is 0.784. The van der Waals surface area contributed by atoms with Crippen LogP contribution in [0.3, 0.4) is 0 Å². The summed E-state index contributed by atoms with van der Waals surface area (Å²) < 4.78 is 5.39. The highest BCUT2D eigenvalue weighted by Gasteiger charge is 2.07. The average molecular weight is 293 g/mol. The molecule has 0 saturated carbocycles. The Hall–Kier alpha value is -1.45. The molecule has 0 aliphatic carbocycles. The maximum absolute atomic E-state index is 11.8. The highest BCUT2D eigenvalue weighted by Crippen LogP contribution is 2.24. The fraction of sp³-hybridized carbons (Fsp3) is 0.133. The summed E-state index contributed by atoms with van der Waals surface area (Å²) in [6, 6.07) is 14.9. The summed E-state index contributed by atoms with van der Waals surface area (Å²) in [5, 5.41) is 0.458. The maximum Gasteiger partial charge on any atom is 0.231 e. The van der Waals surface area contributed by atoms with Gasteiger partial charge in [-0.05, 0) is 43.0 Å². The molecule has 19 heavy (non-hydrogen) atoms. The molecule has 2 aromatic rings. The van der Waals surface area contributed by atoms with Gasteiger partial charge in [-0.1, -0.05) is 41.4 Å². The Balaban J connectivity index is 1.88. The molecule has 4 heteroatoms. The minimum absolute atomic E-state index is 0.00226. The molecule has 2 rings (SSSR count). The van der Waals surface area contributed by atoms with Gasteiger partial charge < -0.3 is 4.74 Å². The van der Waals surface area contributed by atoms with Crippen LogP contribution in [0, 0.1) is 6.92 Å². The fourth-order valence-electron chi connectivity index (χ4n) is 1.47. The van der Waals surface area contributed by atoms with E-state index in [0.29, 0.717) is 10.8 Å². The van der Waals surface area contributed by atoms with Gasteiger partial charge in [0.05, 0.1) is 5.02 Å². The number of para-hydroxylation sites is 1. The first-order valence-electron chi connectivity index (χ1n) is 5.80. The van der Waals surface area contributed by atoms with Crippen molar-refractivity contribution in [3.63, 3.8) is 0 Å². The number of carbonyl (C=O) groups is 1. The van der Waals surface area contributed by atoms with E-state index in [4.69, 9.17) is 16.3 Å². The van der Waals surface area contributed by atoms with Crippen LogP contribution in [-0.2, 0) is 4.79 Å². The normalized spacial score (nSPS) is 10.2. The van der Waals surface area contributed by atoms with Crippen LogP contribution >= 0.6 is 23.4 Å². The number of ether oxygens (including phenoxy) is 1. The summed E-state index contributed by atoms with van der Waals surface area (Å²) in [5.41, 5.74) is 1.17. The third kappa shape index (κ3) is 4.30. The first-order valence-corrected chi connectivity index (χ1v) is 6.99. The van der Waals surface area contributed by atoms with E-state index in [1.165, 1.54) is 17.3 Å². The monoisotopic (exact) mass is 292 g/mol. The lowest BCUT2D eigenvalue weighted by Crippen LogP contribution is -2.07. The molecule has 0 aliphatic heterocycles. The second-order valence-electron chi connectivity index (χ2n) is 4.01. The number of halogens is 1. The van der Waals surface area contributed by atoms with Gasteiger partial charge in [-0.15, -0.1) is 0 Å². The third-order valence-electron chi connectivity index (χ3n) is 2.43. The molecule has 0 radical (unpaired) electrons. The molecule has 2 aromatic carbocycles. The fourth-order valence-corrected chi connectivity index (χ4v) is 2.31. The lowest BCUT2D eigenvalue weighted by atomic mass is 10.2. The molecule has 0 atom stereocenters. The second-order valence-corrected chi connectivity index (χ2v) is 5.54. The largest absolute Gasteiger partial charge is 0.483 e. The molecule has 2 nitrogen and oxygen atoms in total. The van der Waals surface area contributed by atoms with E-state index in [2.05, 4.69) is 0 Å². The van der Waals surface area contributed by atoms with Crippen LogP contribution in [0.25, 0.3) is 0 Å². The van der Waals surface area contributed by atoms with Crippen molar-refractivity contribution in [1.29, 1.82) is 0 Å². The van der Waals surface area contributed by atoms with Crippen molar-refractivity contribution in [1.82, 2.24) is 0 Å². The molecule has 0 bridgehead atoms. The summed E-state index contributed by atoms with van der Waals surface area (Å²) in [6.07, 6.45) is 0. The number of thioether (sulfide) groups is 1. The molecule has 0 saturated heterocycles. The van der Waals surface area contributed by atoms with E-state index in [-0.39, 0.29) is 11.7 Å². The zero-order chi connectivity index (χ0) is 13.7. The molecule has 98 valence electrons. The molecule has 0 N–H and O–H groups in total. The minimum atomic E-state index is -0.0521. The predicted octanol–water partition coefficient (Wildman–Crippen LogP) is 4.35. The first-order chi connectivity index (χ1) is 9.15. The molecule has 0 unspecified atom stereocenters. The van der Waals surface area contributed by atoms with Gasteiger partial charge in [0.15, 0.2) is 6.61 Å². The molecule has 0 aliphatic rings. The average Bonchev–Trinajstić information content (AvgIpc) is 2.40. The van der Waals surface area contributed by atoms with Crippen LogP contribution in [-0.4, -0.2) is 11.7 Å². The Morgan fingerprint density at radius 2 is 1.84 bits per heavy atom. The van der Waals surface area contributed by atoms with Gasteiger partial charge in [0, 0.05) is 4.90 Å². The summed E-state index contributed by atoms with van der Waals surface area (Å²) in [4.78, 5) is 12.7. The maximum atomic E-state index is 11.8. The third-order valence-corrected chi connectivity index (χ3v) is 3.60. The van der Waals surface area contributed by atoms with Crippen molar-refractivity contribution in [2.45, 2.75) is 11.8 Å². The standard InChI is InChI=1S/C15H13ClO2S/c1-11-6-8-12(9-7-11)19-15(17)10-18-14-5-3-2-4-13(14)16/h2-9H,10H2,1H3. The van der Waals surface area contributed by atoms with Crippen molar-refractivity contribution in [2.75, 3.05) is 6.61 Å². The van der Waals surface area contributed by atoms with E-state index in [1.54, 1.807) is 12.1 Å². The van der Waals surface area contributed by atoms with E-state index in [9.17, 15) is 4.79 Å². The summed E-state index contributed by atoms with van der Waals surface area (Å²) >= 11 is 7.11. The molecule has 0 spiro atoms. The molecular weight excluding hydrogens is 280 g/mol. The smallest absolute Gasteiger partial charge is 0.231 e. The van der Waals surface area contributed by atoms with Crippen molar-refractivity contribution >= 4 is 28.5 Å². The minimum Gasteiger partial charge on any atom is -0.483 e. The van der Waals surface area contributed by atoms with E-state index >= 15 is 0 Å². The van der Waals surface area contributed by atoms with Crippen LogP contribution < -0.4 is 4.74 Å².